The lowest BCUT2D eigenvalue weighted by atomic mass is 10.2. The molecule has 0 spiro atoms. The van der Waals surface area contributed by atoms with Gasteiger partial charge in [-0.25, -0.2) is 13.6 Å². The first-order valence-electron chi connectivity index (χ1n) is 3.67. The quantitative estimate of drug-likeness (QED) is 0.759. The highest BCUT2D eigenvalue weighted by molar-refractivity contribution is 8.04. The summed E-state index contributed by atoms with van der Waals surface area (Å²) < 4.78 is 26.4. The number of sulfonamides is 1. The van der Waals surface area contributed by atoms with Gasteiger partial charge in [-0.15, -0.1) is 0 Å². The van der Waals surface area contributed by atoms with Crippen LogP contribution < -0.4 is 9.88 Å². The molecule has 1 aromatic rings. The molecule has 0 heterocycles. The Labute approximate surface area is 81.5 Å². The number of nitrogens with two attached hydrogens (primary N) is 1. The molecular formula is C8H9NO4S. The van der Waals surface area contributed by atoms with Gasteiger partial charge in [-0.1, -0.05) is 12.1 Å². The summed E-state index contributed by atoms with van der Waals surface area (Å²) in [4.78, 5) is 11.3. The number of ether oxygens (including phenoxy) is 1. The molecule has 0 aliphatic rings. The highest BCUT2D eigenvalue weighted by atomic mass is 32.2. The molecule has 14 heavy (non-hydrogen) atoms. The topological polar surface area (TPSA) is 86.5 Å². The van der Waals surface area contributed by atoms with Gasteiger partial charge in [-0.3, -0.25) is 4.79 Å². The van der Waals surface area contributed by atoms with Crippen LogP contribution in [-0.2, 0) is 10.0 Å². The molecule has 0 unspecified atom stereocenters. The van der Waals surface area contributed by atoms with Crippen LogP contribution in [0, 0.1) is 0 Å². The minimum absolute atomic E-state index is 0.0579. The van der Waals surface area contributed by atoms with Crippen molar-refractivity contribution in [1.29, 1.82) is 0 Å². The maximum Gasteiger partial charge on any atom is 0.295 e. The van der Waals surface area contributed by atoms with Gasteiger partial charge >= 0.3 is 0 Å². The molecule has 0 aliphatic heterocycles. The van der Waals surface area contributed by atoms with Crippen molar-refractivity contribution < 1.29 is 17.9 Å². The van der Waals surface area contributed by atoms with E-state index in [0.717, 1.165) is 0 Å². The molecule has 6 heteroatoms. The molecule has 0 radical (unpaired) electrons. The third kappa shape index (κ3) is 2.09. The molecule has 1 rings (SSSR count). The fourth-order valence-electron chi connectivity index (χ4n) is 0.967. The summed E-state index contributed by atoms with van der Waals surface area (Å²) in [5.41, 5.74) is -0.0579. The van der Waals surface area contributed by atoms with Gasteiger partial charge in [-0.05, 0) is 12.1 Å². The zero-order valence-electron chi connectivity index (χ0n) is 7.43. The van der Waals surface area contributed by atoms with Gasteiger partial charge in [-0.2, -0.15) is 0 Å². The van der Waals surface area contributed by atoms with Crippen molar-refractivity contribution >= 4 is 15.1 Å². The van der Waals surface area contributed by atoms with E-state index in [1.807, 2.05) is 0 Å². The summed E-state index contributed by atoms with van der Waals surface area (Å²) in [5, 5.41) is 3.56. The first-order valence-corrected chi connectivity index (χ1v) is 5.21. The first kappa shape index (κ1) is 10.7. The van der Waals surface area contributed by atoms with Crippen molar-refractivity contribution in [2.24, 2.45) is 5.14 Å². The maximum absolute atomic E-state index is 11.3. The van der Waals surface area contributed by atoms with Crippen molar-refractivity contribution in [2.75, 3.05) is 7.11 Å². The number of benzene rings is 1. The van der Waals surface area contributed by atoms with Gasteiger partial charge in [0, 0.05) is 0 Å². The minimum atomic E-state index is -4.21. The molecule has 76 valence electrons. The van der Waals surface area contributed by atoms with Gasteiger partial charge in [0.25, 0.3) is 15.1 Å². The van der Waals surface area contributed by atoms with E-state index in [4.69, 9.17) is 9.88 Å². The van der Waals surface area contributed by atoms with E-state index >= 15 is 0 Å². The van der Waals surface area contributed by atoms with Gasteiger partial charge in [0.05, 0.1) is 12.7 Å². The van der Waals surface area contributed by atoms with E-state index in [9.17, 15) is 13.2 Å². The second-order valence-corrected chi connectivity index (χ2v) is 3.99. The predicted octanol–water partition coefficient (Wildman–Crippen LogP) is 0.124. The lowest BCUT2D eigenvalue weighted by Gasteiger charge is -2.04. The Hall–Kier alpha value is -1.40. The Balaban J connectivity index is 3.27. The number of carbonyl (C=O) groups excluding carboxylic acids is 1. The van der Waals surface area contributed by atoms with Crippen LogP contribution in [0.3, 0.4) is 0 Å². The molecule has 0 aliphatic carbocycles. The van der Waals surface area contributed by atoms with Gasteiger partial charge in [0.1, 0.15) is 5.75 Å². The van der Waals surface area contributed by atoms with E-state index in [1.165, 1.54) is 25.3 Å². The fraction of sp³-hybridized carbons (Fsp3) is 0.125. The van der Waals surface area contributed by atoms with Crippen molar-refractivity contribution in [1.82, 2.24) is 0 Å². The third-order valence-electron chi connectivity index (χ3n) is 1.59. The highest BCUT2D eigenvalue weighted by Gasteiger charge is 2.22. The molecule has 1 aromatic carbocycles. The van der Waals surface area contributed by atoms with Gasteiger partial charge in [0.2, 0.25) is 0 Å². The lowest BCUT2D eigenvalue weighted by Crippen LogP contribution is -2.23. The van der Waals surface area contributed by atoms with Crippen LogP contribution in [-0.4, -0.2) is 20.6 Å². The summed E-state index contributed by atoms with van der Waals surface area (Å²) in [6.45, 7) is 0. The maximum atomic E-state index is 11.3. The molecule has 0 saturated carbocycles. The smallest absolute Gasteiger partial charge is 0.295 e. The Kier molecular flexibility index (Phi) is 2.87. The fourth-order valence-corrected chi connectivity index (χ4v) is 1.44. The van der Waals surface area contributed by atoms with Crippen molar-refractivity contribution in [3.8, 4) is 5.75 Å². The van der Waals surface area contributed by atoms with Crippen LogP contribution in [0.4, 0.5) is 0 Å². The Bertz CT molecular complexity index is 452. The lowest BCUT2D eigenvalue weighted by molar-refractivity contribution is 0.107. The number of carbonyl (C=O) groups is 1. The number of para-hydroxylation sites is 1. The van der Waals surface area contributed by atoms with Crippen molar-refractivity contribution in [3.05, 3.63) is 29.8 Å². The molecule has 0 amide bonds. The Morgan fingerprint density at radius 3 is 2.43 bits per heavy atom. The molecular weight excluding hydrogens is 206 g/mol. The Morgan fingerprint density at radius 1 is 1.36 bits per heavy atom. The average Bonchev–Trinajstić information content (AvgIpc) is 2.15. The van der Waals surface area contributed by atoms with E-state index in [0.29, 0.717) is 0 Å². The van der Waals surface area contributed by atoms with Crippen LogP contribution in [0.2, 0.25) is 0 Å². The van der Waals surface area contributed by atoms with Crippen molar-refractivity contribution in [3.63, 3.8) is 0 Å². The van der Waals surface area contributed by atoms with Crippen LogP contribution in [0.1, 0.15) is 10.4 Å². The second-order valence-electron chi connectivity index (χ2n) is 2.53. The van der Waals surface area contributed by atoms with E-state index in [-0.39, 0.29) is 11.3 Å². The van der Waals surface area contributed by atoms with E-state index < -0.39 is 15.1 Å². The molecule has 0 atom stereocenters. The number of rotatable bonds is 2. The van der Waals surface area contributed by atoms with E-state index in [2.05, 4.69) is 0 Å². The minimum Gasteiger partial charge on any atom is -0.496 e. The third-order valence-corrected chi connectivity index (χ3v) is 2.32. The monoisotopic (exact) mass is 215 g/mol. The molecule has 5 nitrogen and oxygen atoms in total. The number of hydrogen-bond acceptors (Lipinski definition) is 4. The SMILES string of the molecule is COc1ccccc1C(=O)S(N)(=O)=O. The molecule has 0 aromatic heterocycles. The summed E-state index contributed by atoms with van der Waals surface area (Å²) >= 11 is 0. The number of hydrogen-bond donors (Lipinski definition) is 1. The van der Waals surface area contributed by atoms with Gasteiger partial charge in [0.15, 0.2) is 0 Å². The molecule has 2 N–H and O–H groups in total. The summed E-state index contributed by atoms with van der Waals surface area (Å²) in [5.74, 6) is 0.187. The highest BCUT2D eigenvalue weighted by Crippen LogP contribution is 2.18. The second kappa shape index (κ2) is 3.77. The average molecular weight is 215 g/mol. The predicted molar refractivity (Wildman–Crippen MR) is 50.4 cm³/mol. The largest absolute Gasteiger partial charge is 0.496 e. The number of primary sulfonamides is 1. The van der Waals surface area contributed by atoms with Crippen LogP contribution in [0.5, 0.6) is 5.75 Å². The standard InChI is InChI=1S/C8H9NO4S/c1-13-7-5-3-2-4-6(7)8(10)14(9,11)12/h2-5H,1H3,(H2,9,11,12). The summed E-state index contributed by atoms with van der Waals surface area (Å²) in [6, 6.07) is 5.98. The molecule has 0 fully saturated rings. The molecule has 0 saturated heterocycles. The van der Waals surface area contributed by atoms with Crippen LogP contribution in [0.15, 0.2) is 24.3 Å². The Morgan fingerprint density at radius 2 is 1.93 bits per heavy atom. The summed E-state index contributed by atoms with van der Waals surface area (Å²) in [6.07, 6.45) is 0. The first-order chi connectivity index (χ1) is 6.46. The van der Waals surface area contributed by atoms with E-state index in [1.54, 1.807) is 6.07 Å². The summed E-state index contributed by atoms with van der Waals surface area (Å²) in [7, 11) is -2.86. The van der Waals surface area contributed by atoms with Gasteiger partial charge < -0.3 is 4.74 Å². The zero-order valence-corrected chi connectivity index (χ0v) is 8.24. The van der Waals surface area contributed by atoms with Crippen molar-refractivity contribution in [2.45, 2.75) is 0 Å². The molecule has 0 bridgehead atoms. The van der Waals surface area contributed by atoms with Crippen LogP contribution >= 0.6 is 0 Å². The number of methoxy groups -OCH3 is 1. The normalized spacial score (nSPS) is 11.0. The zero-order chi connectivity index (χ0) is 10.8. The van der Waals surface area contributed by atoms with Crippen LogP contribution in [0.25, 0.3) is 0 Å².